The van der Waals surface area contributed by atoms with E-state index in [0.717, 1.165) is 4.47 Å². The SMILES string of the molecule is Brc1ccc2c[c]sc2c1. The average molecular weight is 212 g/mol. The van der Waals surface area contributed by atoms with Crippen LogP contribution in [0.4, 0.5) is 0 Å². The van der Waals surface area contributed by atoms with E-state index >= 15 is 0 Å². The summed E-state index contributed by atoms with van der Waals surface area (Å²) in [6.07, 6.45) is 0. The topological polar surface area (TPSA) is 0 Å². The van der Waals surface area contributed by atoms with Crippen LogP contribution >= 0.6 is 27.3 Å². The maximum Gasteiger partial charge on any atom is 0.0455 e. The van der Waals surface area contributed by atoms with Gasteiger partial charge in [-0.25, -0.2) is 0 Å². The first-order valence-corrected chi connectivity index (χ1v) is 4.52. The molecule has 0 spiro atoms. The van der Waals surface area contributed by atoms with Crippen molar-refractivity contribution in [3.8, 4) is 0 Å². The third-order valence-electron chi connectivity index (χ3n) is 1.36. The number of hydrogen-bond donors (Lipinski definition) is 0. The zero-order valence-corrected chi connectivity index (χ0v) is 7.50. The molecule has 0 aliphatic rings. The number of benzene rings is 1. The molecule has 0 nitrogen and oxygen atoms in total. The largest absolute Gasteiger partial charge is 0.134 e. The van der Waals surface area contributed by atoms with Crippen LogP contribution in [-0.4, -0.2) is 0 Å². The van der Waals surface area contributed by atoms with E-state index in [-0.39, 0.29) is 0 Å². The normalized spacial score (nSPS) is 10.5. The lowest BCUT2D eigenvalue weighted by molar-refractivity contribution is 1.77. The summed E-state index contributed by atoms with van der Waals surface area (Å²) in [5, 5.41) is 4.36. The van der Waals surface area contributed by atoms with E-state index in [1.165, 1.54) is 10.1 Å². The molecule has 1 heterocycles. The maximum atomic E-state index is 3.41. The number of halogens is 1. The molecule has 1 radical (unpaired) electrons. The van der Waals surface area contributed by atoms with Gasteiger partial charge in [0.15, 0.2) is 0 Å². The van der Waals surface area contributed by atoms with Crippen molar-refractivity contribution in [2.75, 3.05) is 0 Å². The first kappa shape index (κ1) is 6.38. The Morgan fingerprint density at radius 2 is 2.30 bits per heavy atom. The lowest BCUT2D eigenvalue weighted by Gasteiger charge is -1.88. The molecule has 0 atom stereocenters. The summed E-state index contributed by atoms with van der Waals surface area (Å²) >= 11 is 5.06. The summed E-state index contributed by atoms with van der Waals surface area (Å²) in [6, 6.07) is 8.25. The molecule has 0 saturated carbocycles. The first-order chi connectivity index (χ1) is 4.86. The zero-order chi connectivity index (χ0) is 6.97. The van der Waals surface area contributed by atoms with Crippen LogP contribution in [0.1, 0.15) is 0 Å². The summed E-state index contributed by atoms with van der Waals surface area (Å²) in [5.41, 5.74) is 0. The number of thiophene rings is 1. The Bertz CT molecular complexity index is 351. The molecular weight excluding hydrogens is 208 g/mol. The van der Waals surface area contributed by atoms with Crippen molar-refractivity contribution in [3.05, 3.63) is 34.1 Å². The molecule has 1 aromatic carbocycles. The van der Waals surface area contributed by atoms with E-state index in [1.54, 1.807) is 11.3 Å². The Balaban J connectivity index is 2.86. The van der Waals surface area contributed by atoms with Crippen molar-refractivity contribution < 1.29 is 0 Å². The Hall–Kier alpha value is -0.340. The lowest BCUT2D eigenvalue weighted by Crippen LogP contribution is -1.61. The van der Waals surface area contributed by atoms with Crippen LogP contribution < -0.4 is 0 Å². The van der Waals surface area contributed by atoms with Crippen molar-refractivity contribution >= 4 is 37.4 Å². The van der Waals surface area contributed by atoms with Crippen molar-refractivity contribution in [2.45, 2.75) is 0 Å². The Morgan fingerprint density at radius 3 is 3.20 bits per heavy atom. The molecule has 0 saturated heterocycles. The summed E-state index contributed by atoms with van der Waals surface area (Å²) in [7, 11) is 0. The van der Waals surface area contributed by atoms with Gasteiger partial charge in [0.1, 0.15) is 0 Å². The summed E-state index contributed by atoms with van der Waals surface area (Å²) in [4.78, 5) is 0. The van der Waals surface area contributed by atoms with Gasteiger partial charge in [-0.1, -0.05) is 22.0 Å². The van der Waals surface area contributed by atoms with Gasteiger partial charge in [0.2, 0.25) is 0 Å². The van der Waals surface area contributed by atoms with E-state index in [4.69, 9.17) is 0 Å². The van der Waals surface area contributed by atoms with Crippen LogP contribution in [0.5, 0.6) is 0 Å². The fraction of sp³-hybridized carbons (Fsp3) is 0. The predicted octanol–water partition coefficient (Wildman–Crippen LogP) is 3.46. The average Bonchev–Trinajstić information content (AvgIpc) is 2.33. The molecule has 0 amide bonds. The smallest absolute Gasteiger partial charge is 0.0455 e. The van der Waals surface area contributed by atoms with Crippen molar-refractivity contribution in [1.29, 1.82) is 0 Å². The molecule has 0 unspecified atom stereocenters. The molecular formula is C8H4BrS. The second kappa shape index (κ2) is 2.36. The van der Waals surface area contributed by atoms with Crippen molar-refractivity contribution in [2.24, 2.45) is 0 Å². The van der Waals surface area contributed by atoms with Crippen LogP contribution in [0.25, 0.3) is 10.1 Å². The number of fused-ring (bicyclic) bond motifs is 1. The molecule has 49 valence electrons. The minimum Gasteiger partial charge on any atom is -0.134 e. The van der Waals surface area contributed by atoms with E-state index in [9.17, 15) is 0 Å². The molecule has 0 aliphatic heterocycles. The predicted molar refractivity (Wildman–Crippen MR) is 48.4 cm³/mol. The molecule has 0 aliphatic carbocycles. The van der Waals surface area contributed by atoms with Crippen LogP contribution in [0.15, 0.2) is 28.7 Å². The standard InChI is InChI=1S/C8H4BrS/c9-7-2-1-6-3-4-10-8(6)5-7/h1-3,5H. The Morgan fingerprint density at radius 1 is 1.40 bits per heavy atom. The van der Waals surface area contributed by atoms with Gasteiger partial charge in [-0.3, -0.25) is 0 Å². The fourth-order valence-corrected chi connectivity index (χ4v) is 2.13. The molecule has 1 aromatic heterocycles. The first-order valence-electron chi connectivity index (χ1n) is 2.91. The summed E-state index contributed by atoms with van der Waals surface area (Å²) < 4.78 is 2.42. The molecule has 2 rings (SSSR count). The number of rotatable bonds is 0. The molecule has 2 heteroatoms. The van der Waals surface area contributed by atoms with Gasteiger partial charge in [-0.15, -0.1) is 11.3 Å². The van der Waals surface area contributed by atoms with Gasteiger partial charge in [-0.2, -0.15) is 0 Å². The van der Waals surface area contributed by atoms with E-state index in [1.807, 2.05) is 12.1 Å². The maximum absolute atomic E-state index is 3.41. The molecule has 2 aromatic rings. The minimum atomic E-state index is 1.14. The summed E-state index contributed by atoms with van der Waals surface area (Å²) in [6.45, 7) is 0. The van der Waals surface area contributed by atoms with Crippen LogP contribution in [-0.2, 0) is 0 Å². The van der Waals surface area contributed by atoms with Crippen LogP contribution in [0.3, 0.4) is 0 Å². The van der Waals surface area contributed by atoms with Gasteiger partial charge < -0.3 is 0 Å². The molecule has 10 heavy (non-hydrogen) atoms. The molecule has 0 fully saturated rings. The number of hydrogen-bond acceptors (Lipinski definition) is 1. The van der Waals surface area contributed by atoms with Gasteiger partial charge >= 0.3 is 0 Å². The zero-order valence-electron chi connectivity index (χ0n) is 5.10. The van der Waals surface area contributed by atoms with Gasteiger partial charge in [-0.05, 0) is 23.6 Å². The van der Waals surface area contributed by atoms with Crippen LogP contribution in [0, 0.1) is 5.38 Å². The quantitative estimate of drug-likeness (QED) is 0.627. The van der Waals surface area contributed by atoms with Crippen LogP contribution in [0.2, 0.25) is 0 Å². The second-order valence-electron chi connectivity index (χ2n) is 2.05. The van der Waals surface area contributed by atoms with Gasteiger partial charge in [0.05, 0.1) is 0 Å². The highest BCUT2D eigenvalue weighted by atomic mass is 79.9. The van der Waals surface area contributed by atoms with E-state index < -0.39 is 0 Å². The fourth-order valence-electron chi connectivity index (χ4n) is 0.872. The highest BCUT2D eigenvalue weighted by molar-refractivity contribution is 9.10. The summed E-state index contributed by atoms with van der Waals surface area (Å²) in [5.74, 6) is 0. The van der Waals surface area contributed by atoms with E-state index in [0.29, 0.717) is 0 Å². The highest BCUT2D eigenvalue weighted by Crippen LogP contribution is 2.23. The van der Waals surface area contributed by atoms with Gasteiger partial charge in [0.25, 0.3) is 0 Å². The van der Waals surface area contributed by atoms with E-state index in [2.05, 4.69) is 33.4 Å². The minimum absolute atomic E-state index is 1.14. The third-order valence-corrected chi connectivity index (χ3v) is 2.66. The lowest BCUT2D eigenvalue weighted by atomic mass is 10.3. The van der Waals surface area contributed by atoms with Crippen molar-refractivity contribution in [3.63, 3.8) is 0 Å². The van der Waals surface area contributed by atoms with Crippen molar-refractivity contribution in [1.82, 2.24) is 0 Å². The van der Waals surface area contributed by atoms with Gasteiger partial charge in [0, 0.05) is 14.6 Å². The second-order valence-corrected chi connectivity index (χ2v) is 3.84. The monoisotopic (exact) mass is 211 g/mol. The Labute approximate surface area is 71.6 Å². The highest BCUT2D eigenvalue weighted by Gasteiger charge is 1.93. The molecule has 0 bridgehead atoms. The Kier molecular flexibility index (Phi) is 1.51. The third kappa shape index (κ3) is 0.976. The molecule has 0 N–H and O–H groups in total.